The molecule has 1 aromatic rings. The van der Waals surface area contributed by atoms with Crippen LogP contribution in [0.3, 0.4) is 0 Å². The molecule has 4 heteroatoms. The van der Waals surface area contributed by atoms with Crippen molar-refractivity contribution in [2.75, 3.05) is 18.0 Å². The summed E-state index contributed by atoms with van der Waals surface area (Å²) in [5, 5.41) is 0. The van der Waals surface area contributed by atoms with Crippen LogP contribution < -0.4 is 4.90 Å². The van der Waals surface area contributed by atoms with Crippen LogP contribution in [0.5, 0.6) is 0 Å². The van der Waals surface area contributed by atoms with E-state index in [1.165, 1.54) is 0 Å². The summed E-state index contributed by atoms with van der Waals surface area (Å²) < 4.78 is 0. The summed E-state index contributed by atoms with van der Waals surface area (Å²) >= 11 is 5.79. The van der Waals surface area contributed by atoms with Crippen LogP contribution >= 0.6 is 11.6 Å². The van der Waals surface area contributed by atoms with Gasteiger partial charge in [0.1, 0.15) is 5.82 Å². The number of alkyl halides is 1. The molecule has 3 nitrogen and oxygen atoms in total. The summed E-state index contributed by atoms with van der Waals surface area (Å²) in [7, 11) is 0. The van der Waals surface area contributed by atoms with Gasteiger partial charge in [-0.15, -0.1) is 11.6 Å². The van der Waals surface area contributed by atoms with E-state index in [4.69, 9.17) is 11.6 Å². The maximum Gasteiger partial charge on any atom is 0.147 e. The van der Waals surface area contributed by atoms with Crippen LogP contribution in [0, 0.1) is 11.8 Å². The Labute approximate surface area is 109 Å². The van der Waals surface area contributed by atoms with E-state index in [9.17, 15) is 0 Å². The van der Waals surface area contributed by atoms with E-state index in [0.29, 0.717) is 17.7 Å². The highest BCUT2D eigenvalue weighted by Gasteiger charge is 2.12. The van der Waals surface area contributed by atoms with Gasteiger partial charge < -0.3 is 4.90 Å². The average Bonchev–Trinajstić information content (AvgIpc) is 2.27. The van der Waals surface area contributed by atoms with Crippen molar-refractivity contribution in [2.24, 2.45) is 11.8 Å². The molecule has 0 radical (unpaired) electrons. The Balaban J connectivity index is 2.86. The molecular weight excluding hydrogens is 234 g/mol. The van der Waals surface area contributed by atoms with Gasteiger partial charge >= 0.3 is 0 Å². The first-order valence-corrected chi connectivity index (χ1v) is 6.68. The summed E-state index contributed by atoms with van der Waals surface area (Å²) in [5.74, 6) is 2.56. The minimum absolute atomic E-state index is 0.415. The minimum Gasteiger partial charge on any atom is -0.355 e. The van der Waals surface area contributed by atoms with Gasteiger partial charge in [-0.1, -0.05) is 27.7 Å². The summed E-state index contributed by atoms with van der Waals surface area (Å²) in [6.07, 6.45) is 3.54. The van der Waals surface area contributed by atoms with Gasteiger partial charge in [-0.25, -0.2) is 4.98 Å². The summed E-state index contributed by atoms with van der Waals surface area (Å²) in [5.41, 5.74) is 0.835. The van der Waals surface area contributed by atoms with E-state index < -0.39 is 0 Å². The van der Waals surface area contributed by atoms with Crippen molar-refractivity contribution in [2.45, 2.75) is 33.6 Å². The molecule has 1 rings (SSSR count). The first-order valence-electron chi connectivity index (χ1n) is 6.14. The van der Waals surface area contributed by atoms with E-state index in [1.54, 1.807) is 6.20 Å². The van der Waals surface area contributed by atoms with Crippen LogP contribution in [0.2, 0.25) is 0 Å². The number of anilines is 1. The zero-order valence-corrected chi connectivity index (χ0v) is 11.9. The van der Waals surface area contributed by atoms with Crippen LogP contribution in [0.1, 0.15) is 33.4 Å². The van der Waals surface area contributed by atoms with Crippen molar-refractivity contribution < 1.29 is 0 Å². The monoisotopic (exact) mass is 255 g/mol. The highest BCUT2D eigenvalue weighted by Crippen LogP contribution is 2.15. The van der Waals surface area contributed by atoms with Gasteiger partial charge in [0.25, 0.3) is 0 Å². The predicted octanol–water partition coefficient (Wildman–Crippen LogP) is 3.33. The lowest BCUT2D eigenvalue weighted by molar-refractivity contribution is 0.547. The number of halogens is 1. The van der Waals surface area contributed by atoms with E-state index in [1.807, 2.05) is 6.20 Å². The lowest BCUT2D eigenvalue weighted by Crippen LogP contribution is -2.32. The van der Waals surface area contributed by atoms with E-state index in [-0.39, 0.29) is 0 Å². The van der Waals surface area contributed by atoms with Crippen LogP contribution in [0.4, 0.5) is 5.82 Å². The van der Waals surface area contributed by atoms with Crippen LogP contribution in [0.15, 0.2) is 12.4 Å². The lowest BCUT2D eigenvalue weighted by atomic mass is 10.1. The highest BCUT2D eigenvalue weighted by atomic mass is 35.5. The number of hydrogen-bond acceptors (Lipinski definition) is 3. The number of hydrogen-bond donors (Lipinski definition) is 0. The maximum atomic E-state index is 5.79. The molecule has 0 aliphatic rings. The first kappa shape index (κ1) is 14.2. The molecule has 0 spiro atoms. The van der Waals surface area contributed by atoms with Crippen molar-refractivity contribution in [1.82, 2.24) is 9.97 Å². The molecule has 0 N–H and O–H groups in total. The van der Waals surface area contributed by atoms with E-state index in [2.05, 4.69) is 42.6 Å². The van der Waals surface area contributed by atoms with Gasteiger partial charge in [-0.2, -0.15) is 0 Å². The van der Waals surface area contributed by atoms with Crippen LogP contribution in [-0.2, 0) is 5.88 Å². The molecule has 0 aromatic carbocycles. The first-order chi connectivity index (χ1) is 8.02. The summed E-state index contributed by atoms with van der Waals surface area (Å²) in [4.78, 5) is 11.0. The zero-order chi connectivity index (χ0) is 12.8. The van der Waals surface area contributed by atoms with Gasteiger partial charge in [0.05, 0.1) is 17.8 Å². The Morgan fingerprint density at radius 3 is 2.18 bits per heavy atom. The Morgan fingerprint density at radius 2 is 1.71 bits per heavy atom. The largest absolute Gasteiger partial charge is 0.355 e. The molecular formula is C13H22ClN3. The van der Waals surface area contributed by atoms with Gasteiger partial charge in [0, 0.05) is 19.3 Å². The standard InChI is InChI=1S/C13H22ClN3/c1-10(2)8-17(9-11(3)4)13-7-15-6-12(5-14)16-13/h6-7,10-11H,5,8-9H2,1-4H3. The number of nitrogens with zero attached hydrogens (tertiary/aromatic N) is 3. The molecule has 0 atom stereocenters. The van der Waals surface area contributed by atoms with Crippen molar-refractivity contribution in [3.05, 3.63) is 18.1 Å². The van der Waals surface area contributed by atoms with Crippen molar-refractivity contribution in [3.63, 3.8) is 0 Å². The predicted molar refractivity (Wildman–Crippen MR) is 73.5 cm³/mol. The van der Waals surface area contributed by atoms with Crippen LogP contribution in [0.25, 0.3) is 0 Å². The second-order valence-corrected chi connectivity index (χ2v) is 5.46. The normalized spacial score (nSPS) is 11.2. The lowest BCUT2D eigenvalue weighted by Gasteiger charge is -2.27. The van der Waals surface area contributed by atoms with E-state index in [0.717, 1.165) is 24.6 Å². The average molecular weight is 256 g/mol. The third kappa shape index (κ3) is 4.90. The van der Waals surface area contributed by atoms with Gasteiger partial charge in [0.2, 0.25) is 0 Å². The molecule has 1 heterocycles. The summed E-state index contributed by atoms with van der Waals surface area (Å²) in [6, 6.07) is 0. The Kier molecular flexibility index (Phi) is 5.69. The molecule has 0 saturated carbocycles. The van der Waals surface area contributed by atoms with Crippen LogP contribution in [-0.4, -0.2) is 23.1 Å². The van der Waals surface area contributed by atoms with Gasteiger partial charge in [-0.3, -0.25) is 4.98 Å². The van der Waals surface area contributed by atoms with Crippen molar-refractivity contribution in [3.8, 4) is 0 Å². The third-order valence-corrected chi connectivity index (χ3v) is 2.58. The SMILES string of the molecule is CC(C)CN(CC(C)C)c1cncc(CCl)n1. The third-order valence-electron chi connectivity index (χ3n) is 2.30. The topological polar surface area (TPSA) is 29.0 Å². The number of aromatic nitrogens is 2. The maximum absolute atomic E-state index is 5.79. The summed E-state index contributed by atoms with van der Waals surface area (Å²) in [6.45, 7) is 10.9. The molecule has 0 unspecified atom stereocenters. The molecule has 0 amide bonds. The Bertz CT molecular complexity index is 329. The Hall–Kier alpha value is -0.830. The molecule has 0 saturated heterocycles. The smallest absolute Gasteiger partial charge is 0.147 e. The van der Waals surface area contributed by atoms with Gasteiger partial charge in [-0.05, 0) is 11.8 Å². The van der Waals surface area contributed by atoms with Crippen molar-refractivity contribution >= 4 is 17.4 Å². The van der Waals surface area contributed by atoms with E-state index >= 15 is 0 Å². The second-order valence-electron chi connectivity index (χ2n) is 5.19. The molecule has 1 aromatic heterocycles. The van der Waals surface area contributed by atoms with Gasteiger partial charge in [0.15, 0.2) is 0 Å². The minimum atomic E-state index is 0.415. The second kappa shape index (κ2) is 6.80. The fraction of sp³-hybridized carbons (Fsp3) is 0.692. The highest BCUT2D eigenvalue weighted by molar-refractivity contribution is 6.16. The van der Waals surface area contributed by atoms with Crippen molar-refractivity contribution in [1.29, 1.82) is 0 Å². The molecule has 0 aliphatic heterocycles. The molecule has 96 valence electrons. The fourth-order valence-electron chi connectivity index (χ4n) is 1.75. The fourth-order valence-corrected chi connectivity index (χ4v) is 1.88. The molecule has 0 bridgehead atoms. The quantitative estimate of drug-likeness (QED) is 0.730. The molecule has 0 aliphatic carbocycles. The molecule has 17 heavy (non-hydrogen) atoms. The Morgan fingerprint density at radius 1 is 1.12 bits per heavy atom. The zero-order valence-electron chi connectivity index (χ0n) is 11.2. The molecule has 0 fully saturated rings. The number of rotatable bonds is 6.